The Balaban J connectivity index is 3.11. The number of nitro benzene ring substituents is 1. The third-order valence-corrected chi connectivity index (χ3v) is 2.04. The molecule has 1 aromatic carbocycles. The van der Waals surface area contributed by atoms with E-state index in [4.69, 9.17) is 0 Å². The highest BCUT2D eigenvalue weighted by atomic mass is 16.6. The molecule has 0 saturated carbocycles. The van der Waals surface area contributed by atoms with Gasteiger partial charge in [0.1, 0.15) is 0 Å². The Morgan fingerprint density at radius 2 is 2.13 bits per heavy atom. The number of nitro groups is 1. The minimum Gasteiger partial charge on any atom is -0.258 e. The Morgan fingerprint density at radius 3 is 2.60 bits per heavy atom. The van der Waals surface area contributed by atoms with Crippen LogP contribution < -0.4 is 0 Å². The number of benzene rings is 1. The van der Waals surface area contributed by atoms with Crippen molar-refractivity contribution < 1.29 is 4.92 Å². The van der Waals surface area contributed by atoms with Crippen LogP contribution in [-0.2, 0) is 6.42 Å². The first-order chi connectivity index (χ1) is 7.02. The van der Waals surface area contributed by atoms with Gasteiger partial charge in [0.05, 0.1) is 4.92 Å². The second kappa shape index (κ2) is 4.73. The summed E-state index contributed by atoms with van der Waals surface area (Å²) >= 11 is 0. The number of non-ortho nitro benzene ring substituents is 1. The second-order valence-corrected chi connectivity index (χ2v) is 3.92. The van der Waals surface area contributed by atoms with Crippen LogP contribution in [0.4, 0.5) is 5.69 Å². The standard InChI is InChI=1S/C12H14NO2/c1-4-10-6-11(5-9(2)3)8-12(7-10)13(14)15/h6-9H,1,5H2,2-3H3. The predicted molar refractivity (Wildman–Crippen MR) is 59.6 cm³/mol. The maximum atomic E-state index is 10.7. The second-order valence-electron chi connectivity index (χ2n) is 3.92. The van der Waals surface area contributed by atoms with Gasteiger partial charge in [-0.25, -0.2) is 0 Å². The van der Waals surface area contributed by atoms with E-state index in [0.717, 1.165) is 12.0 Å². The van der Waals surface area contributed by atoms with E-state index in [0.29, 0.717) is 11.5 Å². The van der Waals surface area contributed by atoms with Crippen molar-refractivity contribution in [1.82, 2.24) is 0 Å². The van der Waals surface area contributed by atoms with Gasteiger partial charge in [0, 0.05) is 12.1 Å². The molecular formula is C12H14NO2. The van der Waals surface area contributed by atoms with Crippen molar-refractivity contribution in [2.45, 2.75) is 20.3 Å². The number of nitrogens with zero attached hydrogens (tertiary/aromatic N) is 1. The van der Waals surface area contributed by atoms with Gasteiger partial charge in [-0.3, -0.25) is 10.1 Å². The molecule has 1 radical (unpaired) electrons. The molecule has 0 atom stereocenters. The minimum atomic E-state index is -0.384. The normalized spacial score (nSPS) is 10.3. The zero-order chi connectivity index (χ0) is 11.4. The molecule has 1 rings (SSSR count). The number of rotatable bonds is 4. The van der Waals surface area contributed by atoms with Gasteiger partial charge in [0.2, 0.25) is 0 Å². The fraction of sp³-hybridized carbons (Fsp3) is 0.333. The first-order valence-corrected chi connectivity index (χ1v) is 4.84. The Labute approximate surface area is 89.6 Å². The summed E-state index contributed by atoms with van der Waals surface area (Å²) in [6, 6.07) is 4.98. The van der Waals surface area contributed by atoms with Crippen LogP contribution in [-0.4, -0.2) is 4.92 Å². The maximum absolute atomic E-state index is 10.7. The molecule has 3 nitrogen and oxygen atoms in total. The molecule has 0 spiro atoms. The van der Waals surface area contributed by atoms with Crippen LogP contribution in [0.25, 0.3) is 0 Å². The van der Waals surface area contributed by atoms with Crippen molar-refractivity contribution >= 4 is 5.69 Å². The van der Waals surface area contributed by atoms with Gasteiger partial charge in [-0.1, -0.05) is 26.5 Å². The number of hydrogen-bond acceptors (Lipinski definition) is 2. The summed E-state index contributed by atoms with van der Waals surface area (Å²) in [7, 11) is 0. The van der Waals surface area contributed by atoms with E-state index in [1.54, 1.807) is 6.07 Å². The average Bonchev–Trinajstić information content (AvgIpc) is 2.16. The number of hydrogen-bond donors (Lipinski definition) is 0. The first-order valence-electron chi connectivity index (χ1n) is 4.84. The lowest BCUT2D eigenvalue weighted by Gasteiger charge is -2.05. The fourth-order valence-electron chi connectivity index (χ4n) is 1.47. The van der Waals surface area contributed by atoms with Crippen LogP contribution in [0.2, 0.25) is 0 Å². The summed E-state index contributed by atoms with van der Waals surface area (Å²) < 4.78 is 0. The van der Waals surface area contributed by atoms with Crippen LogP contribution in [0.1, 0.15) is 25.0 Å². The lowest BCUT2D eigenvalue weighted by Crippen LogP contribution is -1.97. The Kier molecular flexibility index (Phi) is 3.61. The van der Waals surface area contributed by atoms with Gasteiger partial charge >= 0.3 is 0 Å². The van der Waals surface area contributed by atoms with Crippen LogP contribution in [0.3, 0.4) is 0 Å². The first kappa shape index (κ1) is 11.4. The summed E-state index contributed by atoms with van der Waals surface area (Å²) in [4.78, 5) is 10.3. The highest BCUT2D eigenvalue weighted by Crippen LogP contribution is 2.19. The molecule has 0 saturated heterocycles. The summed E-state index contributed by atoms with van der Waals surface area (Å²) in [6.45, 7) is 7.66. The van der Waals surface area contributed by atoms with Gasteiger partial charge in [0.25, 0.3) is 5.69 Å². The summed E-state index contributed by atoms with van der Waals surface area (Å²) in [5.74, 6) is 0.477. The molecule has 0 N–H and O–H groups in total. The van der Waals surface area contributed by atoms with Crippen molar-refractivity contribution in [1.29, 1.82) is 0 Å². The SMILES string of the molecule is C=[C]c1cc(CC(C)C)cc([N+](=O)[O-])c1. The van der Waals surface area contributed by atoms with E-state index in [9.17, 15) is 10.1 Å². The highest BCUT2D eigenvalue weighted by molar-refractivity contribution is 5.41. The van der Waals surface area contributed by atoms with Gasteiger partial charge in [-0.2, -0.15) is 0 Å². The molecule has 0 fully saturated rings. The van der Waals surface area contributed by atoms with Crippen LogP contribution in [0.15, 0.2) is 24.8 Å². The van der Waals surface area contributed by atoms with Crippen molar-refractivity contribution in [3.63, 3.8) is 0 Å². The van der Waals surface area contributed by atoms with Gasteiger partial charge in [-0.05, 0) is 29.5 Å². The van der Waals surface area contributed by atoms with Crippen LogP contribution in [0.5, 0.6) is 0 Å². The van der Waals surface area contributed by atoms with E-state index in [-0.39, 0.29) is 10.6 Å². The van der Waals surface area contributed by atoms with Crippen molar-refractivity contribution in [3.05, 3.63) is 52.1 Å². The molecule has 0 aliphatic heterocycles. The van der Waals surface area contributed by atoms with Crippen molar-refractivity contribution in [3.8, 4) is 0 Å². The van der Waals surface area contributed by atoms with E-state index >= 15 is 0 Å². The third kappa shape index (κ3) is 3.20. The highest BCUT2D eigenvalue weighted by Gasteiger charge is 2.09. The minimum absolute atomic E-state index is 0.110. The molecule has 1 aromatic rings. The monoisotopic (exact) mass is 204 g/mol. The molecule has 0 bridgehead atoms. The van der Waals surface area contributed by atoms with Gasteiger partial charge in [-0.15, -0.1) is 0 Å². The smallest absolute Gasteiger partial charge is 0.258 e. The van der Waals surface area contributed by atoms with Crippen LogP contribution in [0, 0.1) is 22.1 Å². The largest absolute Gasteiger partial charge is 0.270 e. The summed E-state index contributed by atoms with van der Waals surface area (Å²) in [5.41, 5.74) is 1.75. The Bertz CT molecular complexity index is 383. The van der Waals surface area contributed by atoms with E-state index in [2.05, 4.69) is 26.5 Å². The molecule has 0 aromatic heterocycles. The van der Waals surface area contributed by atoms with Crippen LogP contribution >= 0.6 is 0 Å². The third-order valence-electron chi connectivity index (χ3n) is 2.04. The Hall–Kier alpha value is -1.64. The molecule has 0 unspecified atom stereocenters. The average molecular weight is 204 g/mol. The zero-order valence-electron chi connectivity index (χ0n) is 8.99. The lowest BCUT2D eigenvalue weighted by molar-refractivity contribution is -0.384. The Morgan fingerprint density at radius 1 is 1.47 bits per heavy atom. The molecule has 79 valence electrons. The molecule has 3 heteroatoms. The molecule has 0 heterocycles. The predicted octanol–water partition coefficient (Wildman–Crippen LogP) is 3.13. The van der Waals surface area contributed by atoms with E-state index < -0.39 is 0 Å². The van der Waals surface area contributed by atoms with Gasteiger partial charge < -0.3 is 0 Å². The maximum Gasteiger partial charge on any atom is 0.270 e. The molecule has 0 aliphatic carbocycles. The molecule has 0 aliphatic rings. The van der Waals surface area contributed by atoms with Crippen molar-refractivity contribution in [2.75, 3.05) is 0 Å². The van der Waals surface area contributed by atoms with Crippen molar-refractivity contribution in [2.24, 2.45) is 5.92 Å². The zero-order valence-corrected chi connectivity index (χ0v) is 8.99. The fourth-order valence-corrected chi connectivity index (χ4v) is 1.47. The quantitative estimate of drug-likeness (QED) is 0.558. The van der Waals surface area contributed by atoms with Gasteiger partial charge in [0.15, 0.2) is 0 Å². The topological polar surface area (TPSA) is 43.1 Å². The summed E-state index contributed by atoms with van der Waals surface area (Å²) in [6.07, 6.45) is 3.51. The summed E-state index contributed by atoms with van der Waals surface area (Å²) in [5, 5.41) is 10.7. The molecule has 0 amide bonds. The van der Waals surface area contributed by atoms with E-state index in [1.165, 1.54) is 6.07 Å². The lowest BCUT2D eigenvalue weighted by atomic mass is 10.0. The molecule has 15 heavy (non-hydrogen) atoms. The van der Waals surface area contributed by atoms with E-state index in [1.807, 2.05) is 6.07 Å². The molecular weight excluding hydrogens is 190 g/mol.